The number of hydrogen-bond donors (Lipinski definition) is 1. The number of amides is 1. The topological polar surface area (TPSA) is 75.7 Å². The maximum atomic E-state index is 12.3. The zero-order valence-corrected chi connectivity index (χ0v) is 15.5. The van der Waals surface area contributed by atoms with Crippen molar-refractivity contribution < 1.29 is 17.9 Å². The summed E-state index contributed by atoms with van der Waals surface area (Å²) in [4.78, 5) is 12.5. The summed E-state index contributed by atoms with van der Waals surface area (Å²) >= 11 is 0. The molecule has 2 aromatic carbocycles. The van der Waals surface area contributed by atoms with Gasteiger partial charge in [-0.05, 0) is 56.3 Å². The predicted octanol–water partition coefficient (Wildman–Crippen LogP) is 2.98. The van der Waals surface area contributed by atoms with Gasteiger partial charge in [-0.1, -0.05) is 6.07 Å². The number of ether oxygens (including phenoxy) is 1. The molecule has 2 aromatic rings. The van der Waals surface area contributed by atoms with Gasteiger partial charge in [-0.2, -0.15) is 0 Å². The van der Waals surface area contributed by atoms with E-state index in [9.17, 15) is 13.2 Å². The molecule has 25 heavy (non-hydrogen) atoms. The van der Waals surface area contributed by atoms with E-state index in [1.807, 2.05) is 13.8 Å². The lowest BCUT2D eigenvalue weighted by Crippen LogP contribution is -2.22. The Bertz CT molecular complexity index is 844. The number of rotatable bonds is 6. The minimum Gasteiger partial charge on any atom is -0.491 e. The fraction of sp³-hybridized carbons (Fsp3) is 0.278. The molecule has 0 unspecified atom stereocenters. The number of nitrogens with zero attached hydrogens (tertiary/aromatic N) is 1. The van der Waals surface area contributed by atoms with Crippen LogP contribution in [0.3, 0.4) is 0 Å². The van der Waals surface area contributed by atoms with E-state index in [1.165, 1.54) is 26.2 Å². The quantitative estimate of drug-likeness (QED) is 0.857. The lowest BCUT2D eigenvalue weighted by molar-refractivity contribution is 0.102. The van der Waals surface area contributed by atoms with Gasteiger partial charge in [-0.3, -0.25) is 4.79 Å². The third kappa shape index (κ3) is 4.80. The Hall–Kier alpha value is -2.38. The van der Waals surface area contributed by atoms with Gasteiger partial charge in [0, 0.05) is 25.3 Å². The Morgan fingerprint density at radius 1 is 1.08 bits per heavy atom. The number of anilines is 1. The molecule has 6 nitrogen and oxygen atoms in total. The zero-order valence-electron chi connectivity index (χ0n) is 14.7. The van der Waals surface area contributed by atoms with Gasteiger partial charge >= 0.3 is 0 Å². The van der Waals surface area contributed by atoms with Crippen LogP contribution in [0, 0.1) is 0 Å². The summed E-state index contributed by atoms with van der Waals surface area (Å²) in [5.74, 6) is 0.326. The first-order valence-electron chi connectivity index (χ1n) is 7.81. The van der Waals surface area contributed by atoms with Crippen molar-refractivity contribution in [2.24, 2.45) is 0 Å². The SMILES string of the molecule is CC(C)Oc1cccc(C(=O)Nc2ccc(S(=O)(=O)N(C)C)cc2)c1. The predicted molar refractivity (Wildman–Crippen MR) is 97.5 cm³/mol. The van der Waals surface area contributed by atoms with Gasteiger partial charge < -0.3 is 10.1 Å². The smallest absolute Gasteiger partial charge is 0.255 e. The minimum absolute atomic E-state index is 0.0181. The number of hydrogen-bond acceptors (Lipinski definition) is 4. The van der Waals surface area contributed by atoms with Crippen molar-refractivity contribution in [1.29, 1.82) is 0 Å². The summed E-state index contributed by atoms with van der Waals surface area (Å²) in [5, 5.41) is 2.74. The van der Waals surface area contributed by atoms with E-state index in [-0.39, 0.29) is 16.9 Å². The van der Waals surface area contributed by atoms with Crippen molar-refractivity contribution in [2.75, 3.05) is 19.4 Å². The number of sulfonamides is 1. The summed E-state index contributed by atoms with van der Waals surface area (Å²) in [7, 11) is -0.548. The summed E-state index contributed by atoms with van der Waals surface area (Å²) in [6.07, 6.45) is 0.0181. The molecular formula is C18H22N2O4S. The molecule has 0 spiro atoms. The Morgan fingerprint density at radius 2 is 1.72 bits per heavy atom. The molecule has 0 heterocycles. The van der Waals surface area contributed by atoms with Crippen molar-refractivity contribution in [3.63, 3.8) is 0 Å². The number of carbonyl (C=O) groups is 1. The van der Waals surface area contributed by atoms with E-state index in [0.717, 1.165) is 4.31 Å². The number of nitrogens with one attached hydrogen (secondary N) is 1. The van der Waals surface area contributed by atoms with E-state index in [0.29, 0.717) is 17.0 Å². The third-order valence-corrected chi connectivity index (χ3v) is 5.19. The third-order valence-electron chi connectivity index (χ3n) is 3.36. The molecular weight excluding hydrogens is 340 g/mol. The van der Waals surface area contributed by atoms with Crippen molar-refractivity contribution in [3.8, 4) is 5.75 Å². The number of carbonyl (C=O) groups excluding carboxylic acids is 1. The fourth-order valence-corrected chi connectivity index (χ4v) is 3.01. The molecule has 0 aliphatic carbocycles. The second kappa shape index (κ2) is 7.67. The van der Waals surface area contributed by atoms with Crippen LogP contribution in [0.5, 0.6) is 5.75 Å². The van der Waals surface area contributed by atoms with Crippen LogP contribution < -0.4 is 10.1 Å². The number of benzene rings is 2. The summed E-state index contributed by atoms with van der Waals surface area (Å²) < 4.78 is 30.8. The lowest BCUT2D eigenvalue weighted by Gasteiger charge is -2.12. The first-order valence-corrected chi connectivity index (χ1v) is 9.25. The highest BCUT2D eigenvalue weighted by Crippen LogP contribution is 2.19. The van der Waals surface area contributed by atoms with Crippen molar-refractivity contribution in [1.82, 2.24) is 4.31 Å². The standard InChI is InChI=1S/C18H22N2O4S/c1-13(2)24-16-7-5-6-14(12-16)18(21)19-15-8-10-17(11-9-15)25(22,23)20(3)4/h5-13H,1-4H3,(H,19,21). The van der Waals surface area contributed by atoms with Crippen LogP contribution in [0.1, 0.15) is 24.2 Å². The molecule has 0 saturated carbocycles. The summed E-state index contributed by atoms with van der Waals surface area (Å²) in [6.45, 7) is 3.83. The highest BCUT2D eigenvalue weighted by molar-refractivity contribution is 7.89. The molecule has 134 valence electrons. The Kier molecular flexibility index (Phi) is 5.81. The highest BCUT2D eigenvalue weighted by Gasteiger charge is 2.17. The Morgan fingerprint density at radius 3 is 2.28 bits per heavy atom. The summed E-state index contributed by atoms with van der Waals surface area (Å²) in [5.41, 5.74) is 0.973. The first kappa shape index (κ1) is 19.0. The fourth-order valence-electron chi connectivity index (χ4n) is 2.11. The molecule has 2 rings (SSSR count). The minimum atomic E-state index is -3.49. The molecule has 0 atom stereocenters. The Balaban J connectivity index is 2.13. The van der Waals surface area contributed by atoms with Crippen LogP contribution in [0.25, 0.3) is 0 Å². The van der Waals surface area contributed by atoms with Crippen LogP contribution >= 0.6 is 0 Å². The zero-order chi connectivity index (χ0) is 18.6. The van der Waals surface area contributed by atoms with Gasteiger partial charge in [-0.25, -0.2) is 12.7 Å². The van der Waals surface area contributed by atoms with Crippen LogP contribution in [0.4, 0.5) is 5.69 Å². The second-order valence-electron chi connectivity index (χ2n) is 5.96. The van der Waals surface area contributed by atoms with E-state index in [4.69, 9.17) is 4.74 Å². The monoisotopic (exact) mass is 362 g/mol. The van der Waals surface area contributed by atoms with Crippen LogP contribution in [-0.4, -0.2) is 38.8 Å². The molecule has 0 aromatic heterocycles. The van der Waals surface area contributed by atoms with Gasteiger partial charge in [0.15, 0.2) is 0 Å². The van der Waals surface area contributed by atoms with Gasteiger partial charge in [0.2, 0.25) is 10.0 Å². The molecule has 0 aliphatic heterocycles. The first-order chi connectivity index (χ1) is 11.7. The molecule has 0 fully saturated rings. The lowest BCUT2D eigenvalue weighted by atomic mass is 10.2. The Labute approximate surface area is 148 Å². The molecule has 1 amide bonds. The van der Waals surface area contributed by atoms with E-state index in [1.54, 1.807) is 36.4 Å². The second-order valence-corrected chi connectivity index (χ2v) is 8.11. The van der Waals surface area contributed by atoms with Crippen molar-refractivity contribution in [3.05, 3.63) is 54.1 Å². The normalized spacial score (nSPS) is 11.6. The largest absolute Gasteiger partial charge is 0.491 e. The van der Waals surface area contributed by atoms with Gasteiger partial charge in [0.25, 0.3) is 5.91 Å². The molecule has 0 radical (unpaired) electrons. The van der Waals surface area contributed by atoms with E-state index >= 15 is 0 Å². The average molecular weight is 362 g/mol. The molecule has 1 N–H and O–H groups in total. The van der Waals surface area contributed by atoms with Crippen molar-refractivity contribution >= 4 is 21.6 Å². The average Bonchev–Trinajstić information content (AvgIpc) is 2.54. The van der Waals surface area contributed by atoms with Crippen LogP contribution in [0.2, 0.25) is 0 Å². The molecule has 7 heteroatoms. The van der Waals surface area contributed by atoms with Gasteiger partial charge in [0.1, 0.15) is 5.75 Å². The van der Waals surface area contributed by atoms with E-state index in [2.05, 4.69) is 5.32 Å². The molecule has 0 bridgehead atoms. The van der Waals surface area contributed by atoms with E-state index < -0.39 is 10.0 Å². The van der Waals surface area contributed by atoms with Gasteiger partial charge in [-0.15, -0.1) is 0 Å². The van der Waals surface area contributed by atoms with Crippen LogP contribution in [-0.2, 0) is 10.0 Å². The van der Waals surface area contributed by atoms with Crippen molar-refractivity contribution in [2.45, 2.75) is 24.8 Å². The summed E-state index contributed by atoms with van der Waals surface area (Å²) in [6, 6.07) is 12.9. The maximum absolute atomic E-state index is 12.3. The maximum Gasteiger partial charge on any atom is 0.255 e. The highest BCUT2D eigenvalue weighted by atomic mass is 32.2. The van der Waals surface area contributed by atoms with Crippen LogP contribution in [0.15, 0.2) is 53.4 Å². The molecule has 0 aliphatic rings. The van der Waals surface area contributed by atoms with Gasteiger partial charge in [0.05, 0.1) is 11.0 Å². The molecule has 0 saturated heterocycles.